The average molecular weight is 364 g/mol. The van der Waals surface area contributed by atoms with E-state index in [4.69, 9.17) is 4.74 Å². The van der Waals surface area contributed by atoms with Crippen molar-refractivity contribution in [2.45, 2.75) is 65.2 Å². The van der Waals surface area contributed by atoms with E-state index in [-0.39, 0.29) is 18.0 Å². The first-order chi connectivity index (χ1) is 12.3. The summed E-state index contributed by atoms with van der Waals surface area (Å²) >= 11 is 0. The van der Waals surface area contributed by atoms with E-state index < -0.39 is 11.9 Å². The molecule has 0 radical (unpaired) electrons. The highest BCUT2D eigenvalue weighted by molar-refractivity contribution is 5.95. The van der Waals surface area contributed by atoms with Crippen molar-refractivity contribution in [2.75, 3.05) is 13.2 Å². The van der Waals surface area contributed by atoms with E-state index in [2.05, 4.69) is 24.5 Å². The summed E-state index contributed by atoms with van der Waals surface area (Å²) in [4.78, 5) is 35.6. The van der Waals surface area contributed by atoms with E-state index in [0.29, 0.717) is 18.9 Å². The Morgan fingerprint density at radius 2 is 1.62 bits per heavy atom. The molecule has 0 aromatic rings. The number of carbonyl (C=O) groups excluding carboxylic acids is 3. The lowest BCUT2D eigenvalue weighted by Crippen LogP contribution is -2.47. The maximum Gasteiger partial charge on any atom is 0.321 e. The summed E-state index contributed by atoms with van der Waals surface area (Å²) in [7, 11) is 0. The first-order valence-electron chi connectivity index (χ1n) is 10.1. The highest BCUT2D eigenvalue weighted by Gasteiger charge is 2.51. The van der Waals surface area contributed by atoms with Gasteiger partial charge < -0.3 is 10.1 Å². The highest BCUT2D eigenvalue weighted by Crippen LogP contribution is 2.61. The van der Waals surface area contributed by atoms with Crippen molar-refractivity contribution in [1.29, 1.82) is 0 Å². The fourth-order valence-corrected chi connectivity index (χ4v) is 5.69. The SMILES string of the molecule is CC(C)CCNC(=O)NC(=O)COC(=O)CC12CC3CC(CC(C3)C1)C2. The van der Waals surface area contributed by atoms with Crippen LogP contribution in [-0.2, 0) is 14.3 Å². The van der Waals surface area contributed by atoms with Gasteiger partial charge in [0.15, 0.2) is 6.61 Å². The van der Waals surface area contributed by atoms with Gasteiger partial charge in [-0.25, -0.2) is 4.79 Å². The number of amides is 3. The van der Waals surface area contributed by atoms with E-state index >= 15 is 0 Å². The minimum absolute atomic E-state index is 0.108. The third-order valence-electron chi connectivity index (χ3n) is 6.31. The van der Waals surface area contributed by atoms with Crippen LogP contribution in [0.1, 0.15) is 65.2 Å². The third kappa shape index (κ3) is 4.98. The van der Waals surface area contributed by atoms with Gasteiger partial charge in [-0.2, -0.15) is 0 Å². The summed E-state index contributed by atoms with van der Waals surface area (Å²) in [6, 6.07) is -0.534. The number of imide groups is 1. The van der Waals surface area contributed by atoms with Gasteiger partial charge in [-0.1, -0.05) is 13.8 Å². The number of rotatable bonds is 7. The molecule has 4 bridgehead atoms. The minimum Gasteiger partial charge on any atom is -0.456 e. The Morgan fingerprint density at radius 3 is 2.15 bits per heavy atom. The van der Waals surface area contributed by atoms with Crippen LogP contribution in [0, 0.1) is 29.1 Å². The molecule has 4 aliphatic rings. The van der Waals surface area contributed by atoms with Gasteiger partial charge in [0.25, 0.3) is 5.91 Å². The van der Waals surface area contributed by atoms with Crippen LogP contribution in [0.25, 0.3) is 0 Å². The summed E-state index contributed by atoms with van der Waals surface area (Å²) in [6.45, 7) is 4.26. The Hall–Kier alpha value is -1.59. The number of hydrogen-bond donors (Lipinski definition) is 2. The molecule has 0 spiro atoms. The molecule has 4 aliphatic carbocycles. The molecule has 0 aromatic carbocycles. The molecule has 6 heteroatoms. The number of nitrogens with one attached hydrogen (secondary N) is 2. The van der Waals surface area contributed by atoms with Crippen LogP contribution in [0.15, 0.2) is 0 Å². The zero-order valence-corrected chi connectivity index (χ0v) is 16.0. The fourth-order valence-electron chi connectivity index (χ4n) is 5.69. The fraction of sp³-hybridized carbons (Fsp3) is 0.850. The molecule has 146 valence electrons. The smallest absolute Gasteiger partial charge is 0.321 e. The molecule has 0 saturated heterocycles. The molecule has 3 amide bonds. The van der Waals surface area contributed by atoms with Gasteiger partial charge in [0.05, 0.1) is 6.42 Å². The summed E-state index contributed by atoms with van der Waals surface area (Å²) in [5, 5.41) is 4.83. The van der Waals surface area contributed by atoms with E-state index in [1.807, 2.05) is 0 Å². The molecule has 0 atom stereocenters. The van der Waals surface area contributed by atoms with Crippen LogP contribution >= 0.6 is 0 Å². The topological polar surface area (TPSA) is 84.5 Å². The third-order valence-corrected chi connectivity index (χ3v) is 6.31. The van der Waals surface area contributed by atoms with Gasteiger partial charge in [0.1, 0.15) is 0 Å². The second-order valence-electron chi connectivity index (χ2n) is 9.24. The van der Waals surface area contributed by atoms with Gasteiger partial charge in [-0.15, -0.1) is 0 Å². The van der Waals surface area contributed by atoms with Crippen molar-refractivity contribution in [1.82, 2.24) is 10.6 Å². The summed E-state index contributed by atoms with van der Waals surface area (Å²) in [5.74, 6) is 1.95. The van der Waals surface area contributed by atoms with E-state index in [9.17, 15) is 14.4 Å². The summed E-state index contributed by atoms with van der Waals surface area (Å²) in [5.41, 5.74) is 0.108. The van der Waals surface area contributed by atoms with Gasteiger partial charge in [0.2, 0.25) is 0 Å². The lowest BCUT2D eigenvalue weighted by molar-refractivity contribution is -0.155. The predicted molar refractivity (Wildman–Crippen MR) is 97.2 cm³/mol. The van der Waals surface area contributed by atoms with E-state index in [0.717, 1.165) is 43.4 Å². The number of esters is 1. The number of ether oxygens (including phenoxy) is 1. The molecular formula is C20H32N2O4. The number of carbonyl (C=O) groups is 3. The van der Waals surface area contributed by atoms with Gasteiger partial charge in [-0.05, 0) is 74.0 Å². The van der Waals surface area contributed by atoms with Gasteiger partial charge in [-0.3, -0.25) is 14.9 Å². The molecule has 0 aliphatic heterocycles. The van der Waals surface area contributed by atoms with Gasteiger partial charge >= 0.3 is 12.0 Å². The molecule has 4 rings (SSSR count). The second kappa shape index (κ2) is 7.97. The van der Waals surface area contributed by atoms with E-state index in [1.165, 1.54) is 19.3 Å². The molecule has 0 unspecified atom stereocenters. The van der Waals surface area contributed by atoms with Crippen molar-refractivity contribution in [3.8, 4) is 0 Å². The van der Waals surface area contributed by atoms with Crippen LogP contribution < -0.4 is 10.6 Å². The Balaban J connectivity index is 1.36. The maximum atomic E-state index is 12.3. The Labute approximate surface area is 155 Å². The largest absolute Gasteiger partial charge is 0.456 e. The summed E-state index contributed by atoms with van der Waals surface area (Å²) < 4.78 is 5.16. The van der Waals surface area contributed by atoms with Crippen LogP contribution in [0.4, 0.5) is 4.79 Å². The molecule has 26 heavy (non-hydrogen) atoms. The number of urea groups is 1. The van der Waals surface area contributed by atoms with Crippen LogP contribution in [-0.4, -0.2) is 31.1 Å². The maximum absolute atomic E-state index is 12.3. The zero-order valence-electron chi connectivity index (χ0n) is 16.0. The molecule has 6 nitrogen and oxygen atoms in total. The Kier molecular flexibility index (Phi) is 5.88. The van der Waals surface area contributed by atoms with Crippen LogP contribution in [0.2, 0.25) is 0 Å². The second-order valence-corrected chi connectivity index (χ2v) is 9.24. The minimum atomic E-state index is -0.578. The first kappa shape index (κ1) is 19.2. The molecule has 4 fully saturated rings. The zero-order chi connectivity index (χ0) is 18.7. The quantitative estimate of drug-likeness (QED) is 0.680. The monoisotopic (exact) mass is 364 g/mol. The Morgan fingerprint density at radius 1 is 1.04 bits per heavy atom. The van der Waals surface area contributed by atoms with Crippen molar-refractivity contribution in [3.63, 3.8) is 0 Å². The van der Waals surface area contributed by atoms with Crippen molar-refractivity contribution in [2.24, 2.45) is 29.1 Å². The number of hydrogen-bond acceptors (Lipinski definition) is 4. The van der Waals surface area contributed by atoms with Crippen molar-refractivity contribution >= 4 is 17.9 Å². The van der Waals surface area contributed by atoms with E-state index in [1.54, 1.807) is 0 Å². The molecule has 4 saturated carbocycles. The lowest BCUT2D eigenvalue weighted by atomic mass is 9.49. The van der Waals surface area contributed by atoms with Crippen molar-refractivity contribution < 1.29 is 19.1 Å². The van der Waals surface area contributed by atoms with Crippen LogP contribution in [0.3, 0.4) is 0 Å². The lowest BCUT2D eigenvalue weighted by Gasteiger charge is -2.56. The molecule has 0 aromatic heterocycles. The summed E-state index contributed by atoms with van der Waals surface area (Å²) in [6.07, 6.45) is 8.69. The highest BCUT2D eigenvalue weighted by atomic mass is 16.5. The predicted octanol–water partition coefficient (Wildman–Crippen LogP) is 3.01. The van der Waals surface area contributed by atoms with Crippen molar-refractivity contribution in [3.05, 3.63) is 0 Å². The molecule has 0 heterocycles. The van der Waals surface area contributed by atoms with Crippen LogP contribution in [0.5, 0.6) is 0 Å². The Bertz CT molecular complexity index is 523. The molecular weight excluding hydrogens is 332 g/mol. The average Bonchev–Trinajstić information content (AvgIpc) is 2.50. The molecule has 2 N–H and O–H groups in total. The normalized spacial score (nSPS) is 31.7. The first-order valence-corrected chi connectivity index (χ1v) is 10.1. The standard InChI is InChI=1S/C20H32N2O4/c1-13(2)3-4-21-19(25)22-17(23)12-26-18(24)11-20-8-14-5-15(9-20)7-16(6-14)10-20/h13-16H,3-12H2,1-2H3,(H2,21,22,23,25). The van der Waals surface area contributed by atoms with Gasteiger partial charge in [0, 0.05) is 6.54 Å².